The van der Waals surface area contributed by atoms with E-state index in [-0.39, 0.29) is 29.2 Å². The highest BCUT2D eigenvalue weighted by molar-refractivity contribution is 6.30. The molecule has 1 saturated heterocycles. The molecule has 2 saturated carbocycles. The average molecular weight is 635 g/mol. The summed E-state index contributed by atoms with van der Waals surface area (Å²) in [4.78, 5) is 20.6. The van der Waals surface area contributed by atoms with Gasteiger partial charge in [-0.15, -0.1) is 0 Å². The fourth-order valence-electron chi connectivity index (χ4n) is 8.17. The largest absolute Gasteiger partial charge is 0.382 e. The zero-order chi connectivity index (χ0) is 31.2. The van der Waals surface area contributed by atoms with Crippen LogP contribution in [0.15, 0.2) is 55.1 Å². The van der Waals surface area contributed by atoms with Gasteiger partial charge in [0.05, 0.1) is 6.04 Å². The number of halogens is 2. The predicted octanol–water partition coefficient (Wildman–Crippen LogP) is 7.19. The number of aromatic nitrogens is 3. The summed E-state index contributed by atoms with van der Waals surface area (Å²) in [6, 6.07) is 13.5. The van der Waals surface area contributed by atoms with Crippen LogP contribution in [0.25, 0.3) is 0 Å². The molecule has 3 fully saturated rings. The summed E-state index contributed by atoms with van der Waals surface area (Å²) in [6.07, 6.45) is 16.6. The van der Waals surface area contributed by atoms with Gasteiger partial charge in [0.2, 0.25) is 5.91 Å². The minimum atomic E-state index is -0.280. The average Bonchev–Trinajstić information content (AvgIpc) is 3.58. The van der Waals surface area contributed by atoms with E-state index in [0.717, 1.165) is 69.4 Å². The molecule has 3 aliphatic rings. The molecule has 0 bridgehead atoms. The van der Waals surface area contributed by atoms with Gasteiger partial charge in [-0.25, -0.2) is 9.37 Å². The first-order valence-electron chi connectivity index (χ1n) is 17.0. The summed E-state index contributed by atoms with van der Waals surface area (Å²) in [5, 5.41) is 12.6. The maximum Gasteiger partial charge on any atom is 0.240 e. The van der Waals surface area contributed by atoms with E-state index in [9.17, 15) is 9.18 Å². The van der Waals surface area contributed by atoms with Crippen LogP contribution in [0.2, 0.25) is 5.02 Å². The summed E-state index contributed by atoms with van der Waals surface area (Å²) >= 11 is 6.19. The van der Waals surface area contributed by atoms with Crippen molar-refractivity contribution in [3.8, 4) is 0 Å². The number of hydrogen-bond acceptors (Lipinski definition) is 5. The van der Waals surface area contributed by atoms with Crippen LogP contribution in [-0.2, 0) is 17.8 Å². The molecule has 0 radical (unpaired) electrons. The zero-order valence-electron chi connectivity index (χ0n) is 26.6. The zero-order valence-corrected chi connectivity index (χ0v) is 27.3. The third kappa shape index (κ3) is 8.07. The molecule has 2 aromatic carbocycles. The van der Waals surface area contributed by atoms with Gasteiger partial charge in [0, 0.05) is 42.4 Å². The van der Waals surface area contributed by atoms with E-state index in [1.165, 1.54) is 38.2 Å². The lowest BCUT2D eigenvalue weighted by Crippen LogP contribution is -2.55. The molecule has 2 aliphatic carbocycles. The number of hydrogen-bond donors (Lipinski definition) is 2. The van der Waals surface area contributed by atoms with Gasteiger partial charge in [0.25, 0.3) is 0 Å². The van der Waals surface area contributed by atoms with Crippen molar-refractivity contribution < 1.29 is 9.18 Å². The lowest BCUT2D eigenvalue weighted by Gasteiger charge is -2.48. The second kappa shape index (κ2) is 14.6. The number of benzene rings is 2. The summed E-state index contributed by atoms with van der Waals surface area (Å²) in [7, 11) is 0. The second-order valence-corrected chi connectivity index (χ2v) is 14.3. The van der Waals surface area contributed by atoms with Crippen LogP contribution in [0.4, 0.5) is 10.1 Å². The first-order chi connectivity index (χ1) is 21.9. The Morgan fingerprint density at radius 1 is 1.00 bits per heavy atom. The molecule has 1 atom stereocenters. The van der Waals surface area contributed by atoms with Gasteiger partial charge < -0.3 is 15.5 Å². The van der Waals surface area contributed by atoms with Crippen molar-refractivity contribution in [3.63, 3.8) is 0 Å². The van der Waals surface area contributed by atoms with Crippen molar-refractivity contribution in [1.29, 1.82) is 0 Å². The van der Waals surface area contributed by atoms with Crippen molar-refractivity contribution >= 4 is 23.2 Å². The minimum Gasteiger partial charge on any atom is -0.382 e. The van der Waals surface area contributed by atoms with Gasteiger partial charge in [0.1, 0.15) is 18.5 Å². The lowest BCUT2D eigenvalue weighted by molar-refractivity contribution is -0.137. The number of nitrogens with zero attached hydrogens (tertiary/aromatic N) is 4. The monoisotopic (exact) mass is 634 g/mol. The topological polar surface area (TPSA) is 75.1 Å². The van der Waals surface area contributed by atoms with Crippen LogP contribution in [0.1, 0.15) is 81.8 Å². The normalized spacial score (nSPS) is 23.0. The van der Waals surface area contributed by atoms with Crippen LogP contribution >= 0.6 is 11.6 Å². The predicted molar refractivity (Wildman–Crippen MR) is 178 cm³/mol. The first-order valence-corrected chi connectivity index (χ1v) is 17.4. The number of amides is 1. The lowest BCUT2D eigenvalue weighted by atomic mass is 9.63. The van der Waals surface area contributed by atoms with E-state index in [4.69, 9.17) is 11.6 Å². The molecule has 2 N–H and O–H groups in total. The Morgan fingerprint density at radius 3 is 2.38 bits per heavy atom. The molecule has 6 rings (SSSR count). The van der Waals surface area contributed by atoms with E-state index in [2.05, 4.69) is 25.6 Å². The van der Waals surface area contributed by atoms with E-state index >= 15 is 0 Å². The standard InChI is InChI=1S/C36H48ClFN6O/c1-26-21-32(15-16-33(26)38)41-30-11-13-31(14-12-30)42-34(22-27-7-9-29(37)10-8-27)35(45)43-19-17-36(18-20-43,23-44-25-39-24-40-44)28-5-3-2-4-6-28/h7-10,15-16,21,24-25,28,30-31,34,41-42H,2-6,11-14,17-20,22-23H2,1H3/t30-,31+,34-/m1/s1. The Labute approximate surface area is 272 Å². The van der Waals surface area contributed by atoms with Crippen molar-refractivity contribution in [2.24, 2.45) is 11.3 Å². The third-order valence-electron chi connectivity index (χ3n) is 10.8. The molecule has 242 valence electrons. The van der Waals surface area contributed by atoms with Crippen LogP contribution in [-0.4, -0.2) is 56.8 Å². The van der Waals surface area contributed by atoms with Gasteiger partial charge in [0.15, 0.2) is 0 Å². The van der Waals surface area contributed by atoms with Crippen molar-refractivity contribution in [2.45, 2.75) is 109 Å². The van der Waals surface area contributed by atoms with Gasteiger partial charge in [-0.05, 0) is 118 Å². The van der Waals surface area contributed by atoms with E-state index < -0.39 is 0 Å². The molecule has 45 heavy (non-hydrogen) atoms. The van der Waals surface area contributed by atoms with Crippen LogP contribution in [0.3, 0.4) is 0 Å². The Kier molecular flexibility index (Phi) is 10.4. The van der Waals surface area contributed by atoms with Crippen LogP contribution in [0.5, 0.6) is 0 Å². The molecule has 1 amide bonds. The number of aryl methyl sites for hydroxylation is 1. The Balaban J connectivity index is 1.10. The number of carbonyl (C=O) groups is 1. The maximum absolute atomic E-state index is 14.3. The molecule has 2 heterocycles. The molecule has 0 spiro atoms. The van der Waals surface area contributed by atoms with Gasteiger partial charge in [-0.3, -0.25) is 9.48 Å². The van der Waals surface area contributed by atoms with Gasteiger partial charge >= 0.3 is 0 Å². The number of likely N-dealkylation sites (tertiary alicyclic amines) is 1. The summed E-state index contributed by atoms with van der Waals surface area (Å²) in [5.74, 6) is 0.719. The highest BCUT2D eigenvalue weighted by Crippen LogP contribution is 2.47. The molecular formula is C36H48ClFN6O. The van der Waals surface area contributed by atoms with Gasteiger partial charge in [-0.1, -0.05) is 43.0 Å². The van der Waals surface area contributed by atoms with Crippen molar-refractivity contribution in [3.05, 3.63) is 77.1 Å². The minimum absolute atomic E-state index is 0.165. The number of carbonyl (C=O) groups excluding carboxylic acids is 1. The number of piperidine rings is 1. The maximum atomic E-state index is 14.3. The van der Waals surface area contributed by atoms with Crippen molar-refractivity contribution in [1.82, 2.24) is 25.0 Å². The summed E-state index contributed by atoms with van der Waals surface area (Å²) < 4.78 is 15.8. The number of anilines is 1. The Hall–Kier alpha value is -2.97. The summed E-state index contributed by atoms with van der Waals surface area (Å²) in [5.41, 5.74) is 2.91. The highest BCUT2D eigenvalue weighted by atomic mass is 35.5. The number of nitrogens with one attached hydrogen (secondary N) is 2. The van der Waals surface area contributed by atoms with E-state index in [1.54, 1.807) is 13.3 Å². The summed E-state index contributed by atoms with van der Waals surface area (Å²) in [6.45, 7) is 4.27. The molecule has 0 unspecified atom stereocenters. The van der Waals surface area contributed by atoms with Crippen molar-refractivity contribution in [2.75, 3.05) is 18.4 Å². The fourth-order valence-corrected chi connectivity index (χ4v) is 8.30. The Bertz CT molecular complexity index is 1380. The highest BCUT2D eigenvalue weighted by Gasteiger charge is 2.44. The molecule has 9 heteroatoms. The SMILES string of the molecule is Cc1cc(N[C@H]2CC[C@@H](N[C@H](Cc3ccc(Cl)cc3)C(=O)N3CCC(Cn4cncn4)(C4CCCCC4)CC3)CC2)ccc1F. The van der Waals surface area contributed by atoms with E-state index in [0.29, 0.717) is 29.0 Å². The molecule has 1 aliphatic heterocycles. The smallest absolute Gasteiger partial charge is 0.240 e. The Morgan fingerprint density at radius 2 is 1.71 bits per heavy atom. The fraction of sp³-hybridized carbons (Fsp3) is 0.583. The van der Waals surface area contributed by atoms with Crippen LogP contribution < -0.4 is 10.6 Å². The van der Waals surface area contributed by atoms with Crippen LogP contribution in [0, 0.1) is 24.1 Å². The quantitative estimate of drug-likeness (QED) is 0.247. The third-order valence-corrected chi connectivity index (χ3v) is 11.1. The molecular weight excluding hydrogens is 587 g/mol. The first kappa shape index (κ1) is 32.0. The van der Waals surface area contributed by atoms with Gasteiger partial charge in [-0.2, -0.15) is 5.10 Å². The molecule has 1 aromatic heterocycles. The van der Waals surface area contributed by atoms with E-state index in [1.807, 2.05) is 47.4 Å². The second-order valence-electron chi connectivity index (χ2n) is 13.8. The molecule has 3 aromatic rings. The number of rotatable bonds is 10. The molecule has 7 nitrogen and oxygen atoms in total.